The van der Waals surface area contributed by atoms with E-state index in [0.717, 1.165) is 31.1 Å². The Balaban J connectivity index is 1.38. The monoisotopic (exact) mass is 387 g/mol. The maximum atomic E-state index is 12.6. The third kappa shape index (κ3) is 4.97. The molecule has 1 aliphatic rings. The van der Waals surface area contributed by atoms with Crippen LogP contribution in [0.3, 0.4) is 0 Å². The summed E-state index contributed by atoms with van der Waals surface area (Å²) in [7, 11) is 0. The number of benzene rings is 1. The molecule has 0 bridgehead atoms. The zero-order chi connectivity index (χ0) is 19.9. The highest BCUT2D eigenvalue weighted by Crippen LogP contribution is 2.21. The summed E-state index contributed by atoms with van der Waals surface area (Å²) >= 11 is 0. The van der Waals surface area contributed by atoms with Gasteiger partial charge in [-0.05, 0) is 29.8 Å². The van der Waals surface area contributed by atoms with E-state index in [0.29, 0.717) is 18.5 Å². The third-order valence-electron chi connectivity index (χ3n) is 5.10. The molecule has 1 fully saturated rings. The molecule has 1 aromatic carbocycles. The van der Waals surface area contributed by atoms with E-state index in [9.17, 15) is 4.79 Å². The van der Waals surface area contributed by atoms with E-state index in [2.05, 4.69) is 49.8 Å². The standard InChI is InChI=1S/C23H25N5O/c29-23(27-13-10-20-8-4-5-11-24-20)19-9-12-26-22(16-19)28-15-14-25-21(17-28)18-6-2-1-3-7-18/h1-9,11-12,16,21,25H,10,13-15,17H2,(H,27,29)/t21-/m0/s1. The summed E-state index contributed by atoms with van der Waals surface area (Å²) in [5.74, 6) is 0.754. The van der Waals surface area contributed by atoms with Gasteiger partial charge in [-0.2, -0.15) is 0 Å². The molecule has 0 saturated carbocycles. The van der Waals surface area contributed by atoms with Crippen molar-refractivity contribution >= 4 is 11.7 Å². The molecule has 148 valence electrons. The summed E-state index contributed by atoms with van der Waals surface area (Å²) in [4.78, 5) is 23.6. The molecular formula is C23H25N5O. The van der Waals surface area contributed by atoms with Gasteiger partial charge >= 0.3 is 0 Å². The summed E-state index contributed by atoms with van der Waals surface area (Å²) in [6.07, 6.45) is 4.19. The van der Waals surface area contributed by atoms with Crippen LogP contribution in [0.1, 0.15) is 27.7 Å². The first-order valence-electron chi connectivity index (χ1n) is 9.97. The number of nitrogens with one attached hydrogen (secondary N) is 2. The molecule has 4 rings (SSSR count). The smallest absolute Gasteiger partial charge is 0.251 e. The predicted octanol–water partition coefficient (Wildman–Crippen LogP) is 2.60. The number of aromatic nitrogens is 2. The number of rotatable bonds is 6. The molecule has 3 heterocycles. The molecule has 0 unspecified atom stereocenters. The second-order valence-corrected chi connectivity index (χ2v) is 7.09. The van der Waals surface area contributed by atoms with Crippen LogP contribution in [0.4, 0.5) is 5.82 Å². The molecule has 1 atom stereocenters. The van der Waals surface area contributed by atoms with Crippen LogP contribution in [0, 0.1) is 0 Å². The number of piperazine rings is 1. The largest absolute Gasteiger partial charge is 0.353 e. The molecule has 3 aromatic rings. The molecule has 1 saturated heterocycles. The van der Waals surface area contributed by atoms with Crippen LogP contribution >= 0.6 is 0 Å². The van der Waals surface area contributed by atoms with E-state index in [1.54, 1.807) is 18.5 Å². The van der Waals surface area contributed by atoms with E-state index in [1.165, 1.54) is 5.56 Å². The second kappa shape index (κ2) is 9.30. The van der Waals surface area contributed by atoms with Gasteiger partial charge < -0.3 is 15.5 Å². The van der Waals surface area contributed by atoms with Crippen molar-refractivity contribution in [3.8, 4) is 0 Å². The molecule has 6 heteroatoms. The van der Waals surface area contributed by atoms with Gasteiger partial charge in [0.25, 0.3) is 5.91 Å². The Morgan fingerprint density at radius 1 is 1.07 bits per heavy atom. The van der Waals surface area contributed by atoms with Gasteiger partial charge in [0.15, 0.2) is 0 Å². The lowest BCUT2D eigenvalue weighted by Crippen LogP contribution is -2.46. The average Bonchev–Trinajstić information content (AvgIpc) is 2.80. The van der Waals surface area contributed by atoms with Gasteiger partial charge in [-0.25, -0.2) is 4.98 Å². The van der Waals surface area contributed by atoms with E-state index >= 15 is 0 Å². The normalized spacial score (nSPS) is 16.4. The van der Waals surface area contributed by atoms with Crippen molar-refractivity contribution in [2.24, 2.45) is 0 Å². The lowest BCUT2D eigenvalue weighted by atomic mass is 10.0. The first-order chi connectivity index (χ1) is 14.3. The molecule has 1 amide bonds. The summed E-state index contributed by atoms with van der Waals surface area (Å²) < 4.78 is 0. The zero-order valence-electron chi connectivity index (χ0n) is 16.3. The Hall–Kier alpha value is -3.25. The fourth-order valence-electron chi connectivity index (χ4n) is 3.55. The van der Waals surface area contributed by atoms with Gasteiger partial charge in [0, 0.05) is 62.3 Å². The van der Waals surface area contributed by atoms with Crippen molar-refractivity contribution in [3.05, 3.63) is 89.9 Å². The summed E-state index contributed by atoms with van der Waals surface area (Å²) in [5.41, 5.74) is 2.86. The fourth-order valence-corrected chi connectivity index (χ4v) is 3.55. The minimum atomic E-state index is -0.0840. The van der Waals surface area contributed by atoms with Gasteiger partial charge in [-0.15, -0.1) is 0 Å². The Bertz CT molecular complexity index is 932. The van der Waals surface area contributed by atoms with Crippen molar-refractivity contribution in [2.75, 3.05) is 31.1 Å². The van der Waals surface area contributed by atoms with E-state index in [1.807, 2.05) is 30.3 Å². The summed E-state index contributed by atoms with van der Waals surface area (Å²) in [6, 6.07) is 20.1. The van der Waals surface area contributed by atoms with Crippen LogP contribution in [0.15, 0.2) is 73.1 Å². The van der Waals surface area contributed by atoms with Gasteiger partial charge in [-0.1, -0.05) is 36.4 Å². The first kappa shape index (κ1) is 19.1. The molecule has 2 aromatic heterocycles. The maximum absolute atomic E-state index is 12.6. The number of pyridine rings is 2. The average molecular weight is 387 g/mol. The van der Waals surface area contributed by atoms with Crippen molar-refractivity contribution in [1.82, 2.24) is 20.6 Å². The summed E-state index contributed by atoms with van der Waals surface area (Å²) in [6.45, 7) is 3.11. The van der Waals surface area contributed by atoms with Crippen molar-refractivity contribution in [2.45, 2.75) is 12.5 Å². The Morgan fingerprint density at radius 3 is 2.76 bits per heavy atom. The number of hydrogen-bond donors (Lipinski definition) is 2. The van der Waals surface area contributed by atoms with Crippen molar-refractivity contribution in [3.63, 3.8) is 0 Å². The zero-order valence-corrected chi connectivity index (χ0v) is 16.3. The van der Waals surface area contributed by atoms with Gasteiger partial charge in [0.2, 0.25) is 0 Å². The highest BCUT2D eigenvalue weighted by molar-refractivity contribution is 5.94. The Labute approximate surface area is 171 Å². The minimum absolute atomic E-state index is 0.0840. The number of nitrogens with zero attached hydrogens (tertiary/aromatic N) is 3. The van der Waals surface area contributed by atoms with E-state index in [4.69, 9.17) is 0 Å². The van der Waals surface area contributed by atoms with Crippen LogP contribution in [0.25, 0.3) is 0 Å². The fraction of sp³-hybridized carbons (Fsp3) is 0.261. The lowest BCUT2D eigenvalue weighted by molar-refractivity contribution is 0.0954. The topological polar surface area (TPSA) is 70.2 Å². The maximum Gasteiger partial charge on any atom is 0.251 e. The highest BCUT2D eigenvalue weighted by atomic mass is 16.1. The molecule has 2 N–H and O–H groups in total. The predicted molar refractivity (Wildman–Crippen MR) is 114 cm³/mol. The number of carbonyl (C=O) groups is 1. The molecule has 0 spiro atoms. The number of carbonyl (C=O) groups excluding carboxylic acids is 1. The van der Waals surface area contributed by atoms with E-state index < -0.39 is 0 Å². The Morgan fingerprint density at radius 2 is 1.93 bits per heavy atom. The van der Waals surface area contributed by atoms with Crippen LogP contribution < -0.4 is 15.5 Å². The molecule has 6 nitrogen and oxygen atoms in total. The summed E-state index contributed by atoms with van der Waals surface area (Å²) in [5, 5.41) is 6.54. The van der Waals surface area contributed by atoms with Crippen molar-refractivity contribution in [1.29, 1.82) is 0 Å². The van der Waals surface area contributed by atoms with Crippen LogP contribution in [-0.4, -0.2) is 42.1 Å². The van der Waals surface area contributed by atoms with Crippen molar-refractivity contribution < 1.29 is 4.79 Å². The lowest BCUT2D eigenvalue weighted by Gasteiger charge is -2.34. The van der Waals surface area contributed by atoms with Gasteiger partial charge in [0.05, 0.1) is 0 Å². The minimum Gasteiger partial charge on any atom is -0.353 e. The van der Waals surface area contributed by atoms with E-state index in [-0.39, 0.29) is 11.9 Å². The molecular weight excluding hydrogens is 362 g/mol. The van der Waals surface area contributed by atoms with Crippen LogP contribution in [0.5, 0.6) is 0 Å². The highest BCUT2D eigenvalue weighted by Gasteiger charge is 2.22. The SMILES string of the molecule is O=C(NCCc1ccccn1)c1ccnc(N2CCN[C@H](c3ccccc3)C2)c1. The van der Waals surface area contributed by atoms with Crippen LogP contribution in [0.2, 0.25) is 0 Å². The molecule has 0 aliphatic carbocycles. The first-order valence-corrected chi connectivity index (χ1v) is 9.97. The Kier molecular flexibility index (Phi) is 6.12. The number of hydrogen-bond acceptors (Lipinski definition) is 5. The molecule has 29 heavy (non-hydrogen) atoms. The number of anilines is 1. The van der Waals surface area contributed by atoms with Gasteiger partial charge in [-0.3, -0.25) is 9.78 Å². The third-order valence-corrected chi connectivity index (χ3v) is 5.10. The number of amides is 1. The molecule has 1 aliphatic heterocycles. The van der Waals surface area contributed by atoms with Crippen LogP contribution in [-0.2, 0) is 6.42 Å². The second-order valence-electron chi connectivity index (χ2n) is 7.09. The molecule has 0 radical (unpaired) electrons. The van der Waals surface area contributed by atoms with Gasteiger partial charge in [0.1, 0.15) is 5.82 Å². The quantitative estimate of drug-likeness (QED) is 0.680.